The molecule has 130 valence electrons. The first-order chi connectivity index (χ1) is 10.6. The average molecular weight is 325 g/mol. The molecule has 0 aliphatic rings. The number of rotatable bonds is 7. The first-order valence-electron chi connectivity index (χ1n) is 7.75. The van der Waals surface area contributed by atoms with Gasteiger partial charge in [0.1, 0.15) is 17.7 Å². The summed E-state index contributed by atoms with van der Waals surface area (Å²) in [5.41, 5.74) is -0.627. The normalized spacial score (nSPS) is 14.4. The Morgan fingerprint density at radius 3 is 2.43 bits per heavy atom. The van der Waals surface area contributed by atoms with Crippen LogP contribution in [0.5, 0.6) is 0 Å². The molecule has 0 aliphatic carbocycles. The van der Waals surface area contributed by atoms with Crippen LogP contribution in [-0.2, 0) is 14.3 Å². The van der Waals surface area contributed by atoms with Crippen LogP contribution in [0.2, 0.25) is 0 Å². The fourth-order valence-corrected chi connectivity index (χ4v) is 2.09. The topological polar surface area (TPSA) is 93.5 Å². The lowest BCUT2D eigenvalue weighted by Gasteiger charge is -2.26. The molecule has 1 aromatic rings. The summed E-state index contributed by atoms with van der Waals surface area (Å²) in [7, 11) is 0. The van der Waals surface area contributed by atoms with E-state index in [1.807, 2.05) is 13.8 Å². The summed E-state index contributed by atoms with van der Waals surface area (Å²) in [5, 5.41) is 12.2. The first kappa shape index (κ1) is 19.2. The maximum absolute atomic E-state index is 12.4. The van der Waals surface area contributed by atoms with Crippen LogP contribution < -0.4 is 5.32 Å². The van der Waals surface area contributed by atoms with Gasteiger partial charge in [-0.15, -0.1) is 0 Å². The summed E-state index contributed by atoms with van der Waals surface area (Å²) < 4.78 is 6.87. The molecule has 1 heterocycles. The highest BCUT2D eigenvalue weighted by Crippen LogP contribution is 2.14. The van der Waals surface area contributed by atoms with Gasteiger partial charge in [-0.2, -0.15) is 0 Å². The number of esters is 1. The third kappa shape index (κ3) is 6.40. The van der Waals surface area contributed by atoms with Crippen molar-refractivity contribution in [2.45, 2.75) is 58.7 Å². The van der Waals surface area contributed by atoms with Crippen LogP contribution in [-0.4, -0.2) is 44.8 Å². The molecule has 2 atom stereocenters. The van der Waals surface area contributed by atoms with E-state index in [4.69, 9.17) is 4.74 Å². The molecule has 0 bridgehead atoms. The number of aliphatic hydroxyl groups excluding tert-OH is 1. The van der Waals surface area contributed by atoms with Crippen molar-refractivity contribution in [1.82, 2.24) is 14.9 Å². The molecule has 1 rings (SSSR count). The average Bonchev–Trinajstić information content (AvgIpc) is 2.90. The minimum atomic E-state index is -0.824. The van der Waals surface area contributed by atoms with Gasteiger partial charge in [0.25, 0.3) is 0 Å². The molecule has 0 aromatic carbocycles. The number of carbonyl (C=O) groups is 2. The van der Waals surface area contributed by atoms with Crippen molar-refractivity contribution < 1.29 is 19.4 Å². The quantitative estimate of drug-likeness (QED) is 0.737. The smallest absolute Gasteiger partial charge is 0.329 e. The van der Waals surface area contributed by atoms with E-state index < -0.39 is 29.6 Å². The molecule has 0 radical (unpaired) electrons. The molecular formula is C16H27N3O4. The molecule has 0 spiro atoms. The largest absolute Gasteiger partial charge is 0.458 e. The molecule has 0 fully saturated rings. The van der Waals surface area contributed by atoms with E-state index in [0.717, 1.165) is 0 Å². The lowest BCUT2D eigenvalue weighted by molar-refractivity contribution is -0.159. The van der Waals surface area contributed by atoms with Crippen LogP contribution >= 0.6 is 0 Å². The third-order valence-corrected chi connectivity index (χ3v) is 3.08. The van der Waals surface area contributed by atoms with Crippen molar-refractivity contribution in [3.63, 3.8) is 0 Å². The van der Waals surface area contributed by atoms with Crippen LogP contribution in [0.15, 0.2) is 18.7 Å². The summed E-state index contributed by atoms with van der Waals surface area (Å²) in [6.07, 6.45) is 5.02. The zero-order chi connectivity index (χ0) is 17.6. The third-order valence-electron chi connectivity index (χ3n) is 3.08. The molecule has 23 heavy (non-hydrogen) atoms. The fourth-order valence-electron chi connectivity index (χ4n) is 2.09. The summed E-state index contributed by atoms with van der Waals surface area (Å²) in [6, 6.07) is -1.58. The van der Waals surface area contributed by atoms with Gasteiger partial charge in [0, 0.05) is 12.4 Å². The van der Waals surface area contributed by atoms with Gasteiger partial charge in [0.15, 0.2) is 0 Å². The maximum Gasteiger partial charge on any atom is 0.329 e. The maximum atomic E-state index is 12.4. The van der Waals surface area contributed by atoms with Gasteiger partial charge in [-0.1, -0.05) is 13.8 Å². The molecule has 2 N–H and O–H groups in total. The molecule has 1 unspecified atom stereocenters. The van der Waals surface area contributed by atoms with Crippen LogP contribution in [0.1, 0.15) is 47.1 Å². The number of imidazole rings is 1. The van der Waals surface area contributed by atoms with Gasteiger partial charge in [0.2, 0.25) is 5.91 Å². The number of nitrogens with zero attached hydrogens (tertiary/aromatic N) is 2. The number of hydrogen-bond donors (Lipinski definition) is 2. The van der Waals surface area contributed by atoms with Crippen LogP contribution in [0.25, 0.3) is 0 Å². The van der Waals surface area contributed by atoms with E-state index in [1.54, 1.807) is 27.0 Å². The van der Waals surface area contributed by atoms with Crippen LogP contribution in [0.4, 0.5) is 0 Å². The Bertz CT molecular complexity index is 506. The highest BCUT2D eigenvalue weighted by atomic mass is 16.6. The summed E-state index contributed by atoms with van der Waals surface area (Å²) in [5.74, 6) is -0.711. The molecule has 7 nitrogen and oxygen atoms in total. The second kappa shape index (κ2) is 8.10. The zero-order valence-electron chi connectivity index (χ0n) is 14.4. The van der Waals surface area contributed by atoms with E-state index in [1.165, 1.54) is 17.1 Å². The van der Waals surface area contributed by atoms with Gasteiger partial charge in [-0.25, -0.2) is 9.78 Å². The summed E-state index contributed by atoms with van der Waals surface area (Å²) >= 11 is 0. The molecule has 0 saturated carbocycles. The summed E-state index contributed by atoms with van der Waals surface area (Å²) in [6.45, 7) is 8.88. The van der Waals surface area contributed by atoms with E-state index in [-0.39, 0.29) is 12.5 Å². The number of aromatic nitrogens is 2. The number of carbonyl (C=O) groups excluding carboxylic acids is 2. The lowest BCUT2D eigenvalue weighted by Crippen LogP contribution is -2.47. The van der Waals surface area contributed by atoms with Gasteiger partial charge in [-0.05, 0) is 33.1 Å². The Hall–Kier alpha value is -1.89. The lowest BCUT2D eigenvalue weighted by atomic mass is 10.0. The second-order valence-electron chi connectivity index (χ2n) is 6.93. The van der Waals surface area contributed by atoms with E-state index in [0.29, 0.717) is 6.42 Å². The van der Waals surface area contributed by atoms with Crippen molar-refractivity contribution in [2.75, 3.05) is 6.61 Å². The van der Waals surface area contributed by atoms with Crippen molar-refractivity contribution in [3.05, 3.63) is 18.7 Å². The van der Waals surface area contributed by atoms with Crippen molar-refractivity contribution >= 4 is 11.9 Å². The van der Waals surface area contributed by atoms with Crippen molar-refractivity contribution in [3.8, 4) is 0 Å². The highest BCUT2D eigenvalue weighted by Gasteiger charge is 2.30. The summed E-state index contributed by atoms with van der Waals surface area (Å²) in [4.78, 5) is 28.6. The number of ether oxygens (including phenoxy) is 1. The van der Waals surface area contributed by atoms with E-state index in [2.05, 4.69) is 10.3 Å². The minimum Gasteiger partial charge on any atom is -0.458 e. The zero-order valence-corrected chi connectivity index (χ0v) is 14.4. The molecular weight excluding hydrogens is 298 g/mol. The first-order valence-corrected chi connectivity index (χ1v) is 7.75. The molecule has 7 heteroatoms. The van der Waals surface area contributed by atoms with Gasteiger partial charge in [-0.3, -0.25) is 4.79 Å². The van der Waals surface area contributed by atoms with Crippen LogP contribution in [0, 0.1) is 5.92 Å². The Kier molecular flexibility index (Phi) is 6.75. The van der Waals surface area contributed by atoms with Crippen molar-refractivity contribution in [1.29, 1.82) is 0 Å². The molecule has 1 aromatic heterocycles. The monoisotopic (exact) mass is 325 g/mol. The number of nitrogens with one attached hydrogen (secondary N) is 1. The Morgan fingerprint density at radius 1 is 1.35 bits per heavy atom. The molecule has 0 saturated heterocycles. The van der Waals surface area contributed by atoms with E-state index >= 15 is 0 Å². The Balaban J connectivity index is 2.83. The number of hydrogen-bond acceptors (Lipinski definition) is 5. The highest BCUT2D eigenvalue weighted by molar-refractivity contribution is 5.86. The standard InChI is InChI=1S/C16H27N3O4/c1-11(2)8-12(15(22)23-16(3,4)5)18-14(21)13(9-20)19-7-6-17-10-19/h6-7,10-13,20H,8-9H2,1-5H3,(H,18,21)/t12-,13?/m0/s1. The Labute approximate surface area is 137 Å². The molecule has 0 aliphatic heterocycles. The van der Waals surface area contributed by atoms with Crippen molar-refractivity contribution in [2.24, 2.45) is 5.92 Å². The van der Waals surface area contributed by atoms with Gasteiger partial charge >= 0.3 is 5.97 Å². The van der Waals surface area contributed by atoms with E-state index in [9.17, 15) is 14.7 Å². The predicted octanol–water partition coefficient (Wildman–Crippen LogP) is 1.29. The SMILES string of the molecule is CC(C)C[C@H](NC(=O)C(CO)n1ccnc1)C(=O)OC(C)(C)C. The van der Waals surface area contributed by atoms with Gasteiger partial charge in [0.05, 0.1) is 12.9 Å². The van der Waals surface area contributed by atoms with Gasteiger partial charge < -0.3 is 19.7 Å². The number of amides is 1. The fraction of sp³-hybridized carbons (Fsp3) is 0.688. The predicted molar refractivity (Wildman–Crippen MR) is 85.6 cm³/mol. The minimum absolute atomic E-state index is 0.202. The van der Waals surface area contributed by atoms with Crippen LogP contribution in [0.3, 0.4) is 0 Å². The number of aliphatic hydroxyl groups is 1. The Morgan fingerprint density at radius 2 is 2.00 bits per heavy atom. The molecule has 1 amide bonds. The second-order valence-corrected chi connectivity index (χ2v) is 6.93.